The number of amides is 1. The lowest BCUT2D eigenvalue weighted by atomic mass is 9.81. The van der Waals surface area contributed by atoms with Gasteiger partial charge in [-0.25, -0.2) is 4.98 Å². The summed E-state index contributed by atoms with van der Waals surface area (Å²) in [5, 5.41) is 12.8. The Hall–Kier alpha value is -4.32. The lowest BCUT2D eigenvalue weighted by Crippen LogP contribution is -2.50. The first-order valence-corrected chi connectivity index (χ1v) is 15.2. The first-order chi connectivity index (χ1) is 20.5. The maximum absolute atomic E-state index is 14.0. The van der Waals surface area contributed by atoms with Crippen LogP contribution in [0.2, 0.25) is 0 Å². The quantitative estimate of drug-likeness (QED) is 0.387. The highest BCUT2D eigenvalue weighted by Gasteiger charge is 2.35. The summed E-state index contributed by atoms with van der Waals surface area (Å²) in [6, 6.07) is 3.53. The number of carbonyl (C=O) groups excluding carboxylic acids is 2. The topological polar surface area (TPSA) is 123 Å². The van der Waals surface area contributed by atoms with Crippen LogP contribution in [0, 0.1) is 5.41 Å². The summed E-state index contributed by atoms with van der Waals surface area (Å²) in [5.74, 6) is -0.214. The van der Waals surface area contributed by atoms with Crippen molar-refractivity contribution in [3.63, 3.8) is 0 Å². The maximum Gasteiger partial charge on any atom is 0.302 e. The molecule has 0 bridgehead atoms. The summed E-state index contributed by atoms with van der Waals surface area (Å²) in [6.45, 7) is 13.7. The molecule has 11 nitrogen and oxygen atoms in total. The van der Waals surface area contributed by atoms with Gasteiger partial charge in [-0.3, -0.25) is 19.3 Å². The Morgan fingerprint density at radius 3 is 2.72 bits per heavy atom. The van der Waals surface area contributed by atoms with Crippen LogP contribution in [0.3, 0.4) is 0 Å². The standard InChI is InChI=1S/C31H37N7O4S/c1-7-26-34-35-30(43-26)33-24-15-21(17-36(6)28(24)40)22-8-10-32-27(23(22)18-42-20(3)39)38-13-12-37-11-9-31(4,5)16-19(2)14-25(37)29(38)41/h8,10,14-15,17H,2,7,9,11-13,16,18H2,1,3-6H3,(H,33,35)/b25-14-. The van der Waals surface area contributed by atoms with Gasteiger partial charge in [-0.05, 0) is 48.4 Å². The van der Waals surface area contributed by atoms with Gasteiger partial charge in [0.25, 0.3) is 11.5 Å². The lowest BCUT2D eigenvalue weighted by molar-refractivity contribution is -0.142. The molecule has 0 aliphatic carbocycles. The Labute approximate surface area is 254 Å². The molecule has 0 radical (unpaired) electrons. The van der Waals surface area contributed by atoms with E-state index in [1.807, 2.05) is 13.0 Å². The normalized spacial score (nSPS) is 17.9. The van der Waals surface area contributed by atoms with Crippen LogP contribution >= 0.6 is 11.3 Å². The fourth-order valence-electron chi connectivity index (χ4n) is 5.50. The van der Waals surface area contributed by atoms with Gasteiger partial charge in [-0.15, -0.1) is 10.2 Å². The number of esters is 1. The summed E-state index contributed by atoms with van der Waals surface area (Å²) in [7, 11) is 1.67. The number of rotatable bonds is 7. The van der Waals surface area contributed by atoms with E-state index in [9.17, 15) is 14.4 Å². The first-order valence-electron chi connectivity index (χ1n) is 14.3. The second-order valence-electron chi connectivity index (χ2n) is 11.7. The van der Waals surface area contributed by atoms with Gasteiger partial charge in [0, 0.05) is 57.1 Å². The molecule has 0 unspecified atom stereocenters. The minimum absolute atomic E-state index is 0.0941. The Bertz CT molecular complexity index is 1670. The number of aryl methyl sites for hydroxylation is 2. The van der Waals surface area contributed by atoms with Crippen molar-refractivity contribution >= 4 is 39.9 Å². The van der Waals surface area contributed by atoms with Crippen molar-refractivity contribution in [3.05, 3.63) is 69.4 Å². The molecular weight excluding hydrogens is 566 g/mol. The Morgan fingerprint density at radius 2 is 2.00 bits per heavy atom. The fourth-order valence-corrected chi connectivity index (χ4v) is 6.19. The number of allylic oxidation sites excluding steroid dienone is 2. The predicted molar refractivity (Wildman–Crippen MR) is 167 cm³/mol. The summed E-state index contributed by atoms with van der Waals surface area (Å²) >= 11 is 1.38. The third kappa shape index (κ3) is 6.53. The number of pyridine rings is 2. The van der Waals surface area contributed by atoms with Crippen LogP contribution in [0.5, 0.6) is 0 Å². The third-order valence-electron chi connectivity index (χ3n) is 7.72. The van der Waals surface area contributed by atoms with Crippen LogP contribution in [0.25, 0.3) is 11.1 Å². The number of carbonyl (C=O) groups is 2. The minimum atomic E-state index is -0.454. The number of hydrogen-bond donors (Lipinski definition) is 1. The van der Waals surface area contributed by atoms with E-state index >= 15 is 0 Å². The number of hydrogen-bond acceptors (Lipinski definition) is 10. The smallest absolute Gasteiger partial charge is 0.302 e. The number of nitrogens with one attached hydrogen (secondary N) is 1. The van der Waals surface area contributed by atoms with Crippen molar-refractivity contribution in [2.45, 2.75) is 53.6 Å². The minimum Gasteiger partial charge on any atom is -0.461 e. The zero-order valence-corrected chi connectivity index (χ0v) is 26.1. The third-order valence-corrected chi connectivity index (χ3v) is 8.70. The van der Waals surface area contributed by atoms with Crippen molar-refractivity contribution < 1.29 is 14.3 Å². The molecule has 0 saturated carbocycles. The summed E-state index contributed by atoms with van der Waals surface area (Å²) in [6.07, 6.45) is 7.74. The van der Waals surface area contributed by atoms with Gasteiger partial charge < -0.3 is 19.5 Å². The molecule has 3 aromatic rings. The zero-order valence-electron chi connectivity index (χ0n) is 25.3. The predicted octanol–water partition coefficient (Wildman–Crippen LogP) is 4.58. The van der Waals surface area contributed by atoms with Crippen molar-refractivity contribution in [2.24, 2.45) is 12.5 Å². The average molecular weight is 604 g/mol. The van der Waals surface area contributed by atoms with Crippen LogP contribution < -0.4 is 15.8 Å². The van der Waals surface area contributed by atoms with E-state index in [0.717, 1.165) is 36.4 Å². The molecule has 43 heavy (non-hydrogen) atoms. The molecule has 0 spiro atoms. The van der Waals surface area contributed by atoms with Crippen LogP contribution in [-0.2, 0) is 34.4 Å². The Balaban J connectivity index is 1.56. The molecule has 1 saturated heterocycles. The number of fused-ring (bicyclic) bond motifs is 1. The van der Waals surface area contributed by atoms with Crippen LogP contribution in [0.15, 0.2) is 53.2 Å². The number of aromatic nitrogens is 4. The van der Waals surface area contributed by atoms with Gasteiger partial charge in [-0.2, -0.15) is 0 Å². The van der Waals surface area contributed by atoms with Crippen LogP contribution in [0.1, 0.15) is 51.1 Å². The van der Waals surface area contributed by atoms with E-state index in [2.05, 4.69) is 45.8 Å². The number of anilines is 3. The van der Waals surface area contributed by atoms with Gasteiger partial charge in [0.15, 0.2) is 0 Å². The second kappa shape index (κ2) is 12.1. The molecule has 2 aliphatic rings. The fraction of sp³-hybridized carbons (Fsp3) is 0.419. The highest BCUT2D eigenvalue weighted by Crippen LogP contribution is 2.37. The molecule has 2 aliphatic heterocycles. The summed E-state index contributed by atoms with van der Waals surface area (Å²) in [5.41, 5.74) is 3.62. The molecule has 1 amide bonds. The molecular formula is C31H37N7O4S. The van der Waals surface area contributed by atoms with E-state index < -0.39 is 5.97 Å². The van der Waals surface area contributed by atoms with Crippen molar-refractivity contribution in [1.82, 2.24) is 24.6 Å². The van der Waals surface area contributed by atoms with Crippen molar-refractivity contribution in [2.75, 3.05) is 29.9 Å². The summed E-state index contributed by atoms with van der Waals surface area (Å²) in [4.78, 5) is 47.4. The van der Waals surface area contributed by atoms with Gasteiger partial charge >= 0.3 is 5.97 Å². The second-order valence-corrected chi connectivity index (χ2v) is 12.8. The highest BCUT2D eigenvalue weighted by molar-refractivity contribution is 7.15. The molecule has 0 atom stereocenters. The van der Waals surface area contributed by atoms with E-state index in [0.29, 0.717) is 52.1 Å². The molecule has 1 N–H and O–H groups in total. The molecule has 1 fully saturated rings. The van der Waals surface area contributed by atoms with Gasteiger partial charge in [0.1, 0.15) is 28.8 Å². The Morgan fingerprint density at radius 1 is 1.21 bits per heavy atom. The van der Waals surface area contributed by atoms with Gasteiger partial charge in [0.05, 0.1) is 0 Å². The Kier molecular flexibility index (Phi) is 8.50. The molecule has 226 valence electrons. The van der Waals surface area contributed by atoms with Gasteiger partial charge in [-0.1, -0.05) is 44.3 Å². The zero-order chi connectivity index (χ0) is 30.9. The summed E-state index contributed by atoms with van der Waals surface area (Å²) < 4.78 is 6.96. The van der Waals surface area contributed by atoms with E-state index in [4.69, 9.17) is 4.74 Å². The van der Waals surface area contributed by atoms with Crippen molar-refractivity contribution in [1.29, 1.82) is 0 Å². The molecule has 12 heteroatoms. The highest BCUT2D eigenvalue weighted by atomic mass is 32.1. The number of piperazine rings is 1. The largest absolute Gasteiger partial charge is 0.461 e. The average Bonchev–Trinajstić information content (AvgIpc) is 3.41. The molecule has 5 rings (SSSR count). The van der Waals surface area contributed by atoms with E-state index in [1.165, 1.54) is 22.8 Å². The van der Waals surface area contributed by atoms with E-state index in [1.54, 1.807) is 36.5 Å². The van der Waals surface area contributed by atoms with Gasteiger partial charge in [0.2, 0.25) is 5.13 Å². The molecule has 3 aromatic heterocycles. The lowest BCUT2D eigenvalue weighted by Gasteiger charge is -2.41. The maximum atomic E-state index is 14.0. The number of ether oxygens (including phenoxy) is 1. The van der Waals surface area contributed by atoms with Crippen molar-refractivity contribution in [3.8, 4) is 11.1 Å². The van der Waals surface area contributed by atoms with Crippen LogP contribution in [-0.4, -0.2) is 56.2 Å². The number of nitrogens with zero attached hydrogens (tertiary/aromatic N) is 6. The SMILES string of the molecule is C=C1/C=C2/C(=O)N(c3nccc(-c4cc(Nc5nnc(CC)s5)c(=O)n(C)c4)c3COC(C)=O)CCN2CCC(C)(C)C1. The first kappa shape index (κ1) is 30.1. The van der Waals surface area contributed by atoms with E-state index in [-0.39, 0.29) is 23.5 Å². The van der Waals surface area contributed by atoms with Crippen LogP contribution in [0.4, 0.5) is 16.6 Å². The molecule has 0 aromatic carbocycles. The molecule has 5 heterocycles. The monoisotopic (exact) mass is 603 g/mol.